The molecule has 0 aliphatic carbocycles. The van der Waals surface area contributed by atoms with Gasteiger partial charge in [-0.1, -0.05) is 31.2 Å². The summed E-state index contributed by atoms with van der Waals surface area (Å²) in [4.78, 5) is 4.44. The predicted octanol–water partition coefficient (Wildman–Crippen LogP) is 3.10. The predicted molar refractivity (Wildman–Crippen MR) is 74.2 cm³/mol. The van der Waals surface area contributed by atoms with Gasteiger partial charge in [0.25, 0.3) is 0 Å². The quantitative estimate of drug-likeness (QED) is 0.881. The van der Waals surface area contributed by atoms with E-state index in [1.807, 2.05) is 24.0 Å². The molecule has 0 aliphatic heterocycles. The number of aromatic nitrogens is 1. The number of hydrogen-bond donors (Lipinski definition) is 1. The second-order valence-electron chi connectivity index (χ2n) is 4.30. The Bertz CT molecular complexity index is 481. The molecule has 0 radical (unpaired) electrons. The van der Waals surface area contributed by atoms with Crippen LogP contribution in [0.25, 0.3) is 10.9 Å². The van der Waals surface area contributed by atoms with Crippen molar-refractivity contribution in [1.29, 1.82) is 0 Å². The lowest BCUT2D eigenvalue weighted by molar-refractivity contribution is 0.250. The number of nitrogens with zero attached hydrogens (tertiary/aromatic N) is 1. The lowest BCUT2D eigenvalue weighted by Crippen LogP contribution is -2.03. The number of thioether (sulfide) groups is 1. The second-order valence-corrected chi connectivity index (χ2v) is 5.33. The summed E-state index contributed by atoms with van der Waals surface area (Å²) >= 11 is 1.85. The number of para-hydroxylation sites is 1. The molecule has 0 saturated carbocycles. The first-order valence-corrected chi connectivity index (χ1v) is 6.98. The molecular weight excluding hydrogens is 230 g/mol. The standard InChI is InChI=1S/C14H17NOS/c1-11(8-16)9-17-10-13-5-2-4-12-6-3-7-15-14(12)13/h2-7,11,16H,8-10H2,1H3. The topological polar surface area (TPSA) is 33.1 Å². The molecule has 0 aliphatic rings. The summed E-state index contributed by atoms with van der Waals surface area (Å²) in [5, 5.41) is 10.2. The van der Waals surface area contributed by atoms with Crippen molar-refractivity contribution in [3.05, 3.63) is 42.1 Å². The molecule has 0 spiro atoms. The first-order chi connectivity index (χ1) is 8.31. The van der Waals surface area contributed by atoms with Crippen LogP contribution in [0.5, 0.6) is 0 Å². The van der Waals surface area contributed by atoms with Gasteiger partial charge < -0.3 is 5.11 Å². The highest BCUT2D eigenvalue weighted by Gasteiger charge is 2.04. The number of benzene rings is 1. The van der Waals surface area contributed by atoms with Crippen molar-refractivity contribution in [1.82, 2.24) is 4.98 Å². The molecule has 1 atom stereocenters. The van der Waals surface area contributed by atoms with Gasteiger partial charge in [0.05, 0.1) is 5.52 Å². The fourth-order valence-corrected chi connectivity index (χ4v) is 2.79. The van der Waals surface area contributed by atoms with Gasteiger partial charge in [0.1, 0.15) is 0 Å². The highest BCUT2D eigenvalue weighted by molar-refractivity contribution is 7.98. The van der Waals surface area contributed by atoms with Crippen molar-refractivity contribution in [2.75, 3.05) is 12.4 Å². The summed E-state index contributed by atoms with van der Waals surface area (Å²) in [5.74, 6) is 2.31. The Morgan fingerprint density at radius 2 is 2.12 bits per heavy atom. The number of fused-ring (bicyclic) bond motifs is 1. The third kappa shape index (κ3) is 3.20. The van der Waals surface area contributed by atoms with Crippen LogP contribution in [-0.4, -0.2) is 22.5 Å². The molecule has 2 rings (SSSR count). The average Bonchev–Trinajstić information content (AvgIpc) is 2.39. The van der Waals surface area contributed by atoms with Crippen LogP contribution in [0.3, 0.4) is 0 Å². The average molecular weight is 247 g/mol. The van der Waals surface area contributed by atoms with E-state index < -0.39 is 0 Å². The second kappa shape index (κ2) is 6.03. The summed E-state index contributed by atoms with van der Waals surface area (Å²) in [6, 6.07) is 10.4. The maximum absolute atomic E-state index is 8.98. The zero-order chi connectivity index (χ0) is 12.1. The maximum Gasteiger partial charge on any atom is 0.0742 e. The molecule has 2 aromatic rings. The molecule has 0 saturated heterocycles. The molecular formula is C14H17NOS. The largest absolute Gasteiger partial charge is 0.396 e. The van der Waals surface area contributed by atoms with E-state index in [0.717, 1.165) is 17.0 Å². The molecule has 1 aromatic carbocycles. The SMILES string of the molecule is CC(CO)CSCc1cccc2cccnc12. The van der Waals surface area contributed by atoms with Crippen LogP contribution in [0.4, 0.5) is 0 Å². The molecule has 1 aromatic heterocycles. The van der Waals surface area contributed by atoms with Gasteiger partial charge in [-0.15, -0.1) is 0 Å². The minimum atomic E-state index is 0.265. The lowest BCUT2D eigenvalue weighted by Gasteiger charge is -2.08. The number of rotatable bonds is 5. The number of aliphatic hydroxyl groups is 1. The van der Waals surface area contributed by atoms with Crippen LogP contribution in [-0.2, 0) is 5.75 Å². The van der Waals surface area contributed by atoms with Gasteiger partial charge in [-0.25, -0.2) is 0 Å². The summed E-state index contributed by atoms with van der Waals surface area (Å²) in [6.45, 7) is 2.33. The van der Waals surface area contributed by atoms with E-state index in [2.05, 4.69) is 36.2 Å². The maximum atomic E-state index is 8.98. The van der Waals surface area contributed by atoms with E-state index in [0.29, 0.717) is 5.92 Å². The van der Waals surface area contributed by atoms with Crippen LogP contribution < -0.4 is 0 Å². The van der Waals surface area contributed by atoms with Gasteiger partial charge in [0, 0.05) is 23.9 Å². The zero-order valence-electron chi connectivity index (χ0n) is 9.97. The molecule has 0 amide bonds. The Balaban J connectivity index is 2.08. The molecule has 90 valence electrons. The van der Waals surface area contributed by atoms with E-state index in [9.17, 15) is 0 Å². The Kier molecular flexibility index (Phi) is 4.40. The summed E-state index contributed by atoms with van der Waals surface area (Å²) in [6.07, 6.45) is 1.84. The highest BCUT2D eigenvalue weighted by atomic mass is 32.2. The van der Waals surface area contributed by atoms with Crippen molar-refractivity contribution in [2.45, 2.75) is 12.7 Å². The normalized spacial score (nSPS) is 12.8. The van der Waals surface area contributed by atoms with Crippen LogP contribution in [0.15, 0.2) is 36.5 Å². The molecule has 0 bridgehead atoms. The molecule has 0 fully saturated rings. The number of hydrogen-bond acceptors (Lipinski definition) is 3. The van der Waals surface area contributed by atoms with Crippen molar-refractivity contribution >= 4 is 22.7 Å². The van der Waals surface area contributed by atoms with Crippen molar-refractivity contribution in [3.63, 3.8) is 0 Å². The van der Waals surface area contributed by atoms with Crippen molar-refractivity contribution in [3.8, 4) is 0 Å². The van der Waals surface area contributed by atoms with Gasteiger partial charge in [0.2, 0.25) is 0 Å². The van der Waals surface area contributed by atoms with Crippen LogP contribution >= 0.6 is 11.8 Å². The molecule has 2 nitrogen and oxygen atoms in total. The number of pyridine rings is 1. The summed E-state index contributed by atoms with van der Waals surface area (Å²) in [7, 11) is 0. The first kappa shape index (κ1) is 12.4. The smallest absolute Gasteiger partial charge is 0.0742 e. The molecule has 1 N–H and O–H groups in total. The molecule has 1 heterocycles. The molecule has 1 unspecified atom stereocenters. The summed E-state index contributed by atoms with van der Waals surface area (Å²) < 4.78 is 0. The van der Waals surface area contributed by atoms with Gasteiger partial charge in [-0.2, -0.15) is 11.8 Å². The fourth-order valence-electron chi connectivity index (χ4n) is 1.71. The Morgan fingerprint density at radius 1 is 1.29 bits per heavy atom. The minimum absolute atomic E-state index is 0.265. The van der Waals surface area contributed by atoms with Crippen molar-refractivity contribution < 1.29 is 5.11 Å². The third-order valence-electron chi connectivity index (χ3n) is 2.69. The highest BCUT2D eigenvalue weighted by Crippen LogP contribution is 2.21. The fraction of sp³-hybridized carbons (Fsp3) is 0.357. The van der Waals surface area contributed by atoms with Crippen LogP contribution in [0, 0.1) is 5.92 Å². The van der Waals surface area contributed by atoms with Crippen LogP contribution in [0.1, 0.15) is 12.5 Å². The first-order valence-electron chi connectivity index (χ1n) is 5.82. The third-order valence-corrected chi connectivity index (χ3v) is 4.01. The monoisotopic (exact) mass is 247 g/mol. The Hall–Kier alpha value is -1.06. The van der Waals surface area contributed by atoms with Gasteiger partial charge in [-0.3, -0.25) is 4.98 Å². The summed E-state index contributed by atoms with van der Waals surface area (Å²) in [5.41, 5.74) is 2.37. The van der Waals surface area contributed by atoms with Gasteiger partial charge in [-0.05, 0) is 23.3 Å². The van der Waals surface area contributed by atoms with E-state index in [-0.39, 0.29) is 6.61 Å². The zero-order valence-corrected chi connectivity index (χ0v) is 10.8. The van der Waals surface area contributed by atoms with E-state index in [4.69, 9.17) is 5.11 Å². The van der Waals surface area contributed by atoms with Gasteiger partial charge in [0.15, 0.2) is 0 Å². The van der Waals surface area contributed by atoms with Gasteiger partial charge >= 0.3 is 0 Å². The van der Waals surface area contributed by atoms with E-state index >= 15 is 0 Å². The lowest BCUT2D eigenvalue weighted by atomic mass is 10.1. The Morgan fingerprint density at radius 3 is 2.94 bits per heavy atom. The molecule has 17 heavy (non-hydrogen) atoms. The molecule has 3 heteroatoms. The van der Waals surface area contributed by atoms with Crippen LogP contribution in [0.2, 0.25) is 0 Å². The van der Waals surface area contributed by atoms with E-state index in [1.54, 1.807) is 0 Å². The van der Waals surface area contributed by atoms with E-state index in [1.165, 1.54) is 10.9 Å². The number of aliphatic hydroxyl groups excluding tert-OH is 1. The van der Waals surface area contributed by atoms with Crippen molar-refractivity contribution in [2.24, 2.45) is 5.92 Å². The Labute approximate surface area is 106 Å². The minimum Gasteiger partial charge on any atom is -0.396 e.